The van der Waals surface area contributed by atoms with Crippen molar-refractivity contribution in [3.8, 4) is 11.3 Å². The van der Waals surface area contributed by atoms with Crippen molar-refractivity contribution in [1.82, 2.24) is 5.16 Å². The third kappa shape index (κ3) is 3.75. The lowest BCUT2D eigenvalue weighted by Crippen LogP contribution is -1.98. The highest BCUT2D eigenvalue weighted by molar-refractivity contribution is 5.88. The Balaban J connectivity index is 2.12. The van der Waals surface area contributed by atoms with E-state index in [1.165, 1.54) is 31.2 Å². The summed E-state index contributed by atoms with van der Waals surface area (Å²) in [4.78, 5) is 11.1. The van der Waals surface area contributed by atoms with Gasteiger partial charge in [-0.15, -0.1) is 0 Å². The Morgan fingerprint density at radius 2 is 1.86 bits per heavy atom. The number of rotatable bonds is 8. The number of aromatic nitrogens is 1. The smallest absolute Gasteiger partial charge is 0.375 e. The lowest BCUT2D eigenvalue weighted by Gasteiger charge is -2.04. The molecular weight excluding hydrogens is 278 g/mol. The molecule has 0 saturated heterocycles. The third-order valence-electron chi connectivity index (χ3n) is 3.88. The van der Waals surface area contributed by atoms with Gasteiger partial charge in [-0.1, -0.05) is 62.5 Å². The fourth-order valence-electron chi connectivity index (χ4n) is 2.62. The lowest BCUT2D eigenvalue weighted by molar-refractivity contribution is 0.0650. The molecule has 0 bridgehead atoms. The molecule has 2 aromatic rings. The van der Waals surface area contributed by atoms with Crippen LogP contribution in [0.25, 0.3) is 11.3 Å². The summed E-state index contributed by atoms with van der Waals surface area (Å²) in [6.07, 6.45) is 6.68. The highest BCUT2D eigenvalue weighted by Gasteiger charge is 2.20. The van der Waals surface area contributed by atoms with E-state index in [0.29, 0.717) is 17.7 Å². The van der Waals surface area contributed by atoms with E-state index in [0.717, 1.165) is 12.0 Å². The molecule has 4 nitrogen and oxygen atoms in total. The van der Waals surface area contributed by atoms with Gasteiger partial charge >= 0.3 is 5.97 Å². The zero-order chi connectivity index (χ0) is 15.9. The maximum Gasteiger partial charge on any atom is 0.375 e. The van der Waals surface area contributed by atoms with Gasteiger partial charge in [0.2, 0.25) is 5.76 Å². The Morgan fingerprint density at radius 3 is 2.45 bits per heavy atom. The zero-order valence-corrected chi connectivity index (χ0v) is 13.3. The summed E-state index contributed by atoms with van der Waals surface area (Å²) in [7, 11) is 0. The fourth-order valence-corrected chi connectivity index (χ4v) is 2.62. The number of unbranched alkanes of at least 4 members (excludes halogenated alkanes) is 3. The van der Waals surface area contributed by atoms with Crippen LogP contribution in [0.3, 0.4) is 0 Å². The Morgan fingerprint density at radius 1 is 1.14 bits per heavy atom. The second kappa shape index (κ2) is 7.78. The van der Waals surface area contributed by atoms with E-state index in [-0.39, 0.29) is 5.76 Å². The summed E-state index contributed by atoms with van der Waals surface area (Å²) >= 11 is 0. The first-order valence-corrected chi connectivity index (χ1v) is 7.98. The van der Waals surface area contributed by atoms with Gasteiger partial charge in [0.25, 0.3) is 0 Å². The molecule has 0 atom stereocenters. The molecule has 0 spiro atoms. The zero-order valence-electron chi connectivity index (χ0n) is 13.3. The van der Waals surface area contributed by atoms with Crippen LogP contribution in [0.15, 0.2) is 28.8 Å². The lowest BCUT2D eigenvalue weighted by atomic mass is 10.0. The van der Waals surface area contributed by atoms with Crippen LogP contribution in [0.1, 0.15) is 61.2 Å². The van der Waals surface area contributed by atoms with E-state index >= 15 is 0 Å². The molecule has 4 heteroatoms. The van der Waals surface area contributed by atoms with Crippen molar-refractivity contribution in [1.29, 1.82) is 0 Å². The molecule has 0 radical (unpaired) electrons. The summed E-state index contributed by atoms with van der Waals surface area (Å²) in [6.45, 7) is 4.12. The molecule has 0 aliphatic rings. The molecule has 1 N–H and O–H groups in total. The van der Waals surface area contributed by atoms with Gasteiger partial charge in [0, 0.05) is 11.1 Å². The van der Waals surface area contributed by atoms with Crippen LogP contribution >= 0.6 is 0 Å². The van der Waals surface area contributed by atoms with Gasteiger partial charge in [0.15, 0.2) is 0 Å². The van der Waals surface area contributed by atoms with E-state index in [4.69, 9.17) is 9.63 Å². The van der Waals surface area contributed by atoms with Crippen molar-refractivity contribution in [3.05, 3.63) is 41.2 Å². The quantitative estimate of drug-likeness (QED) is 0.716. The van der Waals surface area contributed by atoms with Crippen LogP contribution < -0.4 is 0 Å². The van der Waals surface area contributed by atoms with Crippen molar-refractivity contribution < 1.29 is 14.4 Å². The number of hydrogen-bond donors (Lipinski definition) is 1. The van der Waals surface area contributed by atoms with Gasteiger partial charge in [-0.3, -0.25) is 0 Å². The summed E-state index contributed by atoms with van der Waals surface area (Å²) in [5.41, 5.74) is 3.51. The van der Waals surface area contributed by atoms with E-state index in [9.17, 15) is 4.79 Å². The average molecular weight is 301 g/mol. The summed E-state index contributed by atoms with van der Waals surface area (Å²) < 4.78 is 4.98. The summed E-state index contributed by atoms with van der Waals surface area (Å²) in [6, 6.07) is 8.18. The van der Waals surface area contributed by atoms with Crippen LogP contribution in [0.5, 0.6) is 0 Å². The Labute approximate surface area is 131 Å². The van der Waals surface area contributed by atoms with Crippen LogP contribution in [0.4, 0.5) is 0 Å². The first-order valence-electron chi connectivity index (χ1n) is 7.98. The molecular formula is C18H23NO3. The van der Waals surface area contributed by atoms with Crippen LogP contribution in [-0.4, -0.2) is 16.2 Å². The summed E-state index contributed by atoms with van der Waals surface area (Å²) in [5.74, 6) is -1.12. The maximum atomic E-state index is 11.1. The Bertz CT molecular complexity index is 614. The van der Waals surface area contributed by atoms with Gasteiger partial charge in [-0.2, -0.15) is 0 Å². The highest BCUT2D eigenvalue weighted by Crippen LogP contribution is 2.26. The second-order valence-corrected chi connectivity index (χ2v) is 5.51. The molecule has 0 aliphatic carbocycles. The number of aromatic carboxylic acids is 1. The Kier molecular flexibility index (Phi) is 5.75. The third-order valence-corrected chi connectivity index (χ3v) is 3.88. The van der Waals surface area contributed by atoms with Gasteiger partial charge in [-0.25, -0.2) is 4.79 Å². The van der Waals surface area contributed by atoms with Crippen LogP contribution in [0.2, 0.25) is 0 Å². The number of carboxylic acids is 1. The molecule has 1 aromatic heterocycles. The molecule has 118 valence electrons. The number of carbonyl (C=O) groups is 1. The fraction of sp³-hybridized carbons (Fsp3) is 0.444. The van der Waals surface area contributed by atoms with Crippen molar-refractivity contribution in [3.63, 3.8) is 0 Å². The first kappa shape index (κ1) is 16.3. The predicted molar refractivity (Wildman–Crippen MR) is 86.1 cm³/mol. The van der Waals surface area contributed by atoms with E-state index < -0.39 is 5.97 Å². The molecule has 0 amide bonds. The molecule has 0 aliphatic heterocycles. The maximum absolute atomic E-state index is 11.1. The normalized spacial score (nSPS) is 10.8. The van der Waals surface area contributed by atoms with E-state index in [1.54, 1.807) is 0 Å². The molecule has 0 unspecified atom stereocenters. The number of benzene rings is 1. The largest absolute Gasteiger partial charge is 0.475 e. The highest BCUT2D eigenvalue weighted by atomic mass is 16.5. The van der Waals surface area contributed by atoms with Gasteiger partial charge < -0.3 is 9.63 Å². The van der Waals surface area contributed by atoms with Crippen LogP contribution in [0, 0.1) is 0 Å². The predicted octanol–water partition coefficient (Wildman–Crippen LogP) is 4.73. The van der Waals surface area contributed by atoms with Gasteiger partial charge in [0.1, 0.15) is 5.69 Å². The minimum atomic E-state index is -1.07. The molecule has 1 aromatic carbocycles. The molecule has 0 saturated carbocycles. The monoisotopic (exact) mass is 301 g/mol. The Hall–Kier alpha value is -2.10. The number of hydrogen-bond acceptors (Lipinski definition) is 3. The van der Waals surface area contributed by atoms with E-state index in [1.807, 2.05) is 19.1 Å². The number of nitrogens with zero attached hydrogens (tertiary/aromatic N) is 1. The molecule has 2 rings (SSSR count). The molecule has 1 heterocycles. The molecule has 0 fully saturated rings. The van der Waals surface area contributed by atoms with Crippen LogP contribution in [-0.2, 0) is 12.8 Å². The number of aryl methyl sites for hydroxylation is 1. The van der Waals surface area contributed by atoms with Crippen molar-refractivity contribution in [2.75, 3.05) is 0 Å². The van der Waals surface area contributed by atoms with Gasteiger partial charge in [0.05, 0.1) is 0 Å². The average Bonchev–Trinajstić information content (AvgIpc) is 2.96. The van der Waals surface area contributed by atoms with Crippen molar-refractivity contribution in [2.24, 2.45) is 0 Å². The minimum absolute atomic E-state index is 0.0545. The topological polar surface area (TPSA) is 63.3 Å². The molecule has 22 heavy (non-hydrogen) atoms. The number of carboxylic acid groups (broad SMARTS) is 1. The first-order chi connectivity index (χ1) is 10.7. The van der Waals surface area contributed by atoms with Gasteiger partial charge in [-0.05, 0) is 24.8 Å². The van der Waals surface area contributed by atoms with E-state index in [2.05, 4.69) is 24.2 Å². The van der Waals surface area contributed by atoms with Crippen molar-refractivity contribution >= 4 is 5.97 Å². The second-order valence-electron chi connectivity index (χ2n) is 5.51. The SMILES string of the molecule is CCCCCCc1ccc(-c2noc(C(=O)O)c2CC)cc1. The van der Waals surface area contributed by atoms with Crippen molar-refractivity contribution in [2.45, 2.75) is 52.4 Å². The standard InChI is InChI=1S/C18H23NO3/c1-3-5-6-7-8-13-9-11-14(12-10-13)16-15(4-2)17(18(20)21)22-19-16/h9-12H,3-8H2,1-2H3,(H,20,21). The summed E-state index contributed by atoms with van der Waals surface area (Å²) in [5, 5.41) is 13.0. The minimum Gasteiger partial charge on any atom is -0.475 e.